The predicted octanol–water partition coefficient (Wildman–Crippen LogP) is 2.93. The normalized spacial score (nSPS) is 28.7. The van der Waals surface area contributed by atoms with Gasteiger partial charge < -0.3 is 10.2 Å². The molecule has 18 heavy (non-hydrogen) atoms. The van der Waals surface area contributed by atoms with Crippen LogP contribution in [0.4, 0.5) is 0 Å². The van der Waals surface area contributed by atoms with Gasteiger partial charge in [-0.3, -0.25) is 0 Å². The number of rotatable bonds is 3. The number of aliphatic carboxylic acids is 1. The van der Waals surface area contributed by atoms with E-state index in [1.165, 1.54) is 6.08 Å². The van der Waals surface area contributed by atoms with Crippen LogP contribution in [-0.4, -0.2) is 22.3 Å². The zero-order valence-corrected chi connectivity index (χ0v) is 11.3. The summed E-state index contributed by atoms with van der Waals surface area (Å²) in [4.78, 5) is 10.5. The molecule has 0 aliphatic heterocycles. The van der Waals surface area contributed by atoms with Gasteiger partial charge in [-0.2, -0.15) is 0 Å². The molecule has 0 bridgehead atoms. The standard InChI is InChI=1S/C15H22O3/c1-10(9-14(17)18)5-7-12-11(2)6-8-13(16)15(12,3)4/h5,7,9,12-13,16H,2,6,8H2,1,3-4H3,(H,17,18)/b7-5?,10-9+. The van der Waals surface area contributed by atoms with Crippen LogP contribution >= 0.6 is 0 Å². The summed E-state index contributed by atoms with van der Waals surface area (Å²) in [6, 6.07) is 0. The fourth-order valence-electron chi connectivity index (χ4n) is 2.46. The van der Waals surface area contributed by atoms with E-state index < -0.39 is 5.97 Å². The van der Waals surface area contributed by atoms with Crippen LogP contribution in [0, 0.1) is 11.3 Å². The summed E-state index contributed by atoms with van der Waals surface area (Å²) >= 11 is 0. The second kappa shape index (κ2) is 5.53. The molecule has 0 heterocycles. The SMILES string of the molecule is C=C1CCC(O)C(C)(C)C1C=C/C(C)=C/C(=O)O. The molecule has 0 aromatic rings. The lowest BCUT2D eigenvalue weighted by atomic mass is 9.65. The number of carboxylic acids is 1. The molecule has 2 atom stereocenters. The predicted molar refractivity (Wildman–Crippen MR) is 72.2 cm³/mol. The molecule has 100 valence electrons. The lowest BCUT2D eigenvalue weighted by Crippen LogP contribution is -2.40. The average Bonchev–Trinajstić information content (AvgIpc) is 2.22. The fraction of sp³-hybridized carbons (Fsp3) is 0.533. The smallest absolute Gasteiger partial charge is 0.328 e. The van der Waals surface area contributed by atoms with Crippen LogP contribution in [0.25, 0.3) is 0 Å². The van der Waals surface area contributed by atoms with Gasteiger partial charge in [-0.15, -0.1) is 0 Å². The molecule has 2 unspecified atom stereocenters. The first-order valence-corrected chi connectivity index (χ1v) is 6.20. The number of carbonyl (C=O) groups is 1. The second-order valence-electron chi connectivity index (χ2n) is 5.60. The summed E-state index contributed by atoms with van der Waals surface area (Å²) in [7, 11) is 0. The van der Waals surface area contributed by atoms with Gasteiger partial charge in [-0.25, -0.2) is 4.79 Å². The Morgan fingerprint density at radius 1 is 1.50 bits per heavy atom. The van der Waals surface area contributed by atoms with Crippen LogP contribution in [0.1, 0.15) is 33.6 Å². The number of aliphatic hydroxyl groups is 1. The Morgan fingerprint density at radius 3 is 2.67 bits per heavy atom. The van der Waals surface area contributed by atoms with Crippen LogP contribution in [0.3, 0.4) is 0 Å². The van der Waals surface area contributed by atoms with Crippen molar-refractivity contribution in [2.45, 2.75) is 39.7 Å². The highest BCUT2D eigenvalue weighted by Gasteiger charge is 2.39. The Kier molecular flexibility index (Phi) is 4.52. The molecule has 1 aliphatic carbocycles. The largest absolute Gasteiger partial charge is 0.478 e. The number of aliphatic hydroxyl groups excluding tert-OH is 1. The van der Waals surface area contributed by atoms with E-state index in [1.54, 1.807) is 13.0 Å². The molecular weight excluding hydrogens is 228 g/mol. The molecule has 0 radical (unpaired) electrons. The van der Waals surface area contributed by atoms with Gasteiger partial charge >= 0.3 is 5.97 Å². The van der Waals surface area contributed by atoms with Crippen molar-refractivity contribution in [2.24, 2.45) is 11.3 Å². The van der Waals surface area contributed by atoms with Crippen molar-refractivity contribution >= 4 is 5.97 Å². The van der Waals surface area contributed by atoms with Gasteiger partial charge in [0.2, 0.25) is 0 Å². The quantitative estimate of drug-likeness (QED) is 0.460. The van der Waals surface area contributed by atoms with E-state index in [0.29, 0.717) is 5.57 Å². The summed E-state index contributed by atoms with van der Waals surface area (Å²) in [6.45, 7) is 9.86. The third-order valence-electron chi connectivity index (χ3n) is 3.74. The number of hydrogen-bond acceptors (Lipinski definition) is 2. The maximum Gasteiger partial charge on any atom is 0.328 e. The van der Waals surface area contributed by atoms with Crippen LogP contribution in [0.15, 0.2) is 36.0 Å². The Labute approximate surface area is 109 Å². The van der Waals surface area contributed by atoms with E-state index in [1.807, 2.05) is 19.9 Å². The summed E-state index contributed by atoms with van der Waals surface area (Å²) in [5.74, 6) is -0.864. The monoisotopic (exact) mass is 250 g/mol. The van der Waals surface area contributed by atoms with Gasteiger partial charge in [0.25, 0.3) is 0 Å². The summed E-state index contributed by atoms with van der Waals surface area (Å²) in [5.41, 5.74) is 1.53. The third-order valence-corrected chi connectivity index (χ3v) is 3.74. The van der Waals surface area contributed by atoms with E-state index in [9.17, 15) is 9.90 Å². The van der Waals surface area contributed by atoms with Crippen molar-refractivity contribution in [3.8, 4) is 0 Å². The molecule has 1 rings (SSSR count). The van der Waals surface area contributed by atoms with E-state index in [-0.39, 0.29) is 17.4 Å². The molecule has 2 N–H and O–H groups in total. The van der Waals surface area contributed by atoms with Gasteiger partial charge in [-0.05, 0) is 25.3 Å². The first-order chi connectivity index (χ1) is 8.25. The lowest BCUT2D eigenvalue weighted by molar-refractivity contribution is -0.131. The van der Waals surface area contributed by atoms with Gasteiger partial charge in [0.15, 0.2) is 0 Å². The molecule has 0 amide bonds. The highest BCUT2D eigenvalue weighted by Crippen LogP contribution is 2.44. The molecule has 0 saturated heterocycles. The molecule has 1 saturated carbocycles. The van der Waals surface area contributed by atoms with Gasteiger partial charge in [0, 0.05) is 17.4 Å². The number of hydrogen-bond donors (Lipinski definition) is 2. The lowest BCUT2D eigenvalue weighted by Gasteiger charge is -2.42. The van der Waals surface area contributed by atoms with E-state index >= 15 is 0 Å². The summed E-state index contributed by atoms with van der Waals surface area (Å²) in [6.07, 6.45) is 6.15. The highest BCUT2D eigenvalue weighted by atomic mass is 16.4. The maximum absolute atomic E-state index is 10.5. The first kappa shape index (κ1) is 14.7. The Morgan fingerprint density at radius 2 is 2.11 bits per heavy atom. The molecule has 1 aliphatic rings. The van der Waals surface area contributed by atoms with Crippen molar-refractivity contribution in [1.29, 1.82) is 0 Å². The van der Waals surface area contributed by atoms with E-state index in [4.69, 9.17) is 5.11 Å². The van der Waals surface area contributed by atoms with Crippen molar-refractivity contribution in [3.63, 3.8) is 0 Å². The Hall–Kier alpha value is -1.35. The van der Waals surface area contributed by atoms with Gasteiger partial charge in [0.05, 0.1) is 6.10 Å². The maximum atomic E-state index is 10.5. The summed E-state index contributed by atoms with van der Waals surface area (Å²) < 4.78 is 0. The third kappa shape index (κ3) is 3.33. The van der Waals surface area contributed by atoms with Crippen molar-refractivity contribution in [1.82, 2.24) is 0 Å². The molecule has 0 spiro atoms. The Balaban J connectivity index is 2.90. The van der Waals surface area contributed by atoms with E-state index in [2.05, 4.69) is 6.58 Å². The van der Waals surface area contributed by atoms with Crippen molar-refractivity contribution in [2.75, 3.05) is 0 Å². The van der Waals surface area contributed by atoms with Gasteiger partial charge in [-0.1, -0.05) is 38.2 Å². The molecule has 3 heteroatoms. The minimum absolute atomic E-state index is 0.0818. The number of carboxylic acid groups (broad SMARTS) is 1. The fourth-order valence-corrected chi connectivity index (χ4v) is 2.46. The van der Waals surface area contributed by atoms with Crippen molar-refractivity contribution < 1.29 is 15.0 Å². The van der Waals surface area contributed by atoms with E-state index in [0.717, 1.165) is 18.4 Å². The average molecular weight is 250 g/mol. The molecule has 0 aromatic heterocycles. The minimum atomic E-state index is -0.945. The molecule has 0 aromatic carbocycles. The van der Waals surface area contributed by atoms with Crippen LogP contribution in [-0.2, 0) is 4.79 Å². The first-order valence-electron chi connectivity index (χ1n) is 6.20. The Bertz CT molecular complexity index is 402. The molecule has 3 nitrogen and oxygen atoms in total. The topological polar surface area (TPSA) is 57.5 Å². The number of allylic oxidation sites excluding steroid dienone is 4. The molecular formula is C15H22O3. The van der Waals surface area contributed by atoms with Crippen LogP contribution in [0.5, 0.6) is 0 Å². The molecule has 1 fully saturated rings. The van der Waals surface area contributed by atoms with Crippen LogP contribution < -0.4 is 0 Å². The van der Waals surface area contributed by atoms with Crippen molar-refractivity contribution in [3.05, 3.63) is 36.0 Å². The highest BCUT2D eigenvalue weighted by molar-refractivity contribution is 5.81. The summed E-state index contributed by atoms with van der Waals surface area (Å²) in [5, 5.41) is 18.7. The zero-order valence-electron chi connectivity index (χ0n) is 11.3. The van der Waals surface area contributed by atoms with Crippen LogP contribution in [0.2, 0.25) is 0 Å². The second-order valence-corrected chi connectivity index (χ2v) is 5.60. The minimum Gasteiger partial charge on any atom is -0.478 e. The van der Waals surface area contributed by atoms with Gasteiger partial charge in [0.1, 0.15) is 0 Å². The zero-order chi connectivity index (χ0) is 13.9.